The van der Waals surface area contributed by atoms with Gasteiger partial charge in [-0.2, -0.15) is 0 Å². The topological polar surface area (TPSA) is 88.2 Å². The van der Waals surface area contributed by atoms with Gasteiger partial charge in [0.15, 0.2) is 0 Å². The van der Waals surface area contributed by atoms with E-state index in [9.17, 15) is 4.79 Å². The van der Waals surface area contributed by atoms with Crippen molar-refractivity contribution in [2.45, 2.75) is 44.2 Å². The minimum absolute atomic E-state index is 0.0338. The van der Waals surface area contributed by atoms with Crippen molar-refractivity contribution in [3.63, 3.8) is 0 Å². The summed E-state index contributed by atoms with van der Waals surface area (Å²) in [6.07, 6.45) is 9.34. The van der Waals surface area contributed by atoms with Crippen LogP contribution in [0, 0.1) is 0 Å². The predicted molar refractivity (Wildman–Crippen MR) is 94.3 cm³/mol. The highest BCUT2D eigenvalue weighted by atomic mass is 16.3. The van der Waals surface area contributed by atoms with E-state index in [4.69, 9.17) is 4.42 Å². The number of hydrogen-bond donors (Lipinski definition) is 2. The normalized spacial score (nSPS) is 16.8. The molecular weight excluding hydrogens is 320 g/mol. The molecule has 1 aliphatic carbocycles. The van der Waals surface area contributed by atoms with Gasteiger partial charge in [0.05, 0.1) is 18.3 Å². The highest BCUT2D eigenvalue weighted by Gasteiger charge is 2.19. The van der Waals surface area contributed by atoms with Crippen LogP contribution in [-0.2, 0) is 0 Å². The standard InChI is InChI=1S/C17H26N6O2/c1-22(2)14(15-9-6-10-25-15)11-18-17(24)20-16-19-12-23(21-16)13-7-4-3-5-8-13/h6,9-10,12-14H,3-5,7-8,11H2,1-2H3,(H2,18,20,21,24)/t14-/m0/s1. The van der Waals surface area contributed by atoms with Crippen LogP contribution in [0.15, 0.2) is 29.1 Å². The first-order valence-electron chi connectivity index (χ1n) is 8.79. The molecule has 1 atom stereocenters. The lowest BCUT2D eigenvalue weighted by molar-refractivity contribution is 0.233. The zero-order valence-corrected chi connectivity index (χ0v) is 14.8. The minimum atomic E-state index is -0.320. The van der Waals surface area contributed by atoms with Gasteiger partial charge in [0.2, 0.25) is 5.95 Å². The molecule has 0 unspecified atom stereocenters. The fourth-order valence-corrected chi connectivity index (χ4v) is 3.21. The van der Waals surface area contributed by atoms with Crippen LogP contribution in [0.1, 0.15) is 49.9 Å². The second-order valence-electron chi connectivity index (χ2n) is 6.67. The van der Waals surface area contributed by atoms with Gasteiger partial charge in [0.25, 0.3) is 0 Å². The second-order valence-corrected chi connectivity index (χ2v) is 6.67. The first kappa shape index (κ1) is 17.5. The number of likely N-dealkylation sites (N-methyl/N-ethyl adjacent to an activating group) is 1. The average Bonchev–Trinajstić information content (AvgIpc) is 3.28. The summed E-state index contributed by atoms with van der Waals surface area (Å²) in [5.74, 6) is 1.15. The van der Waals surface area contributed by atoms with Crippen molar-refractivity contribution >= 4 is 12.0 Å². The van der Waals surface area contributed by atoms with Gasteiger partial charge in [-0.15, -0.1) is 5.10 Å². The lowest BCUT2D eigenvalue weighted by Gasteiger charge is -2.22. The third-order valence-corrected chi connectivity index (χ3v) is 4.63. The molecule has 0 spiro atoms. The van der Waals surface area contributed by atoms with Gasteiger partial charge in [-0.3, -0.25) is 10.2 Å². The van der Waals surface area contributed by atoms with E-state index in [0.717, 1.165) is 18.6 Å². The molecule has 1 aliphatic rings. The lowest BCUT2D eigenvalue weighted by Crippen LogP contribution is -2.37. The van der Waals surface area contributed by atoms with Crippen molar-refractivity contribution in [1.82, 2.24) is 25.0 Å². The van der Waals surface area contributed by atoms with Crippen molar-refractivity contribution < 1.29 is 9.21 Å². The number of urea groups is 1. The summed E-state index contributed by atoms with van der Waals surface area (Å²) in [6, 6.07) is 3.79. The molecule has 1 fully saturated rings. The molecule has 0 aliphatic heterocycles. The molecule has 136 valence electrons. The summed E-state index contributed by atoms with van der Waals surface area (Å²) < 4.78 is 7.31. The number of aromatic nitrogens is 3. The molecule has 3 rings (SSSR count). The van der Waals surface area contributed by atoms with E-state index in [1.807, 2.05) is 35.8 Å². The van der Waals surface area contributed by atoms with Gasteiger partial charge in [0.1, 0.15) is 12.1 Å². The molecule has 2 heterocycles. The Balaban J connectivity index is 1.51. The van der Waals surface area contributed by atoms with E-state index in [-0.39, 0.29) is 12.1 Å². The molecule has 0 saturated heterocycles. The largest absolute Gasteiger partial charge is 0.468 e. The van der Waals surface area contributed by atoms with Gasteiger partial charge < -0.3 is 9.73 Å². The van der Waals surface area contributed by atoms with Gasteiger partial charge in [-0.05, 0) is 39.1 Å². The smallest absolute Gasteiger partial charge is 0.321 e. The van der Waals surface area contributed by atoms with Crippen molar-refractivity contribution in [3.8, 4) is 0 Å². The Kier molecular flexibility index (Phi) is 5.70. The van der Waals surface area contributed by atoms with Crippen LogP contribution < -0.4 is 10.6 Å². The van der Waals surface area contributed by atoms with Crippen molar-refractivity contribution in [3.05, 3.63) is 30.5 Å². The maximum absolute atomic E-state index is 12.1. The number of carbonyl (C=O) groups excluding carboxylic acids is 1. The summed E-state index contributed by atoms with van der Waals surface area (Å²) in [7, 11) is 3.89. The quantitative estimate of drug-likeness (QED) is 0.840. The molecule has 2 amide bonds. The van der Waals surface area contributed by atoms with E-state index in [1.54, 1.807) is 12.6 Å². The molecule has 0 bridgehead atoms. The highest BCUT2D eigenvalue weighted by Crippen LogP contribution is 2.27. The maximum atomic E-state index is 12.1. The fourth-order valence-electron chi connectivity index (χ4n) is 3.21. The molecular formula is C17H26N6O2. The van der Waals surface area contributed by atoms with E-state index >= 15 is 0 Å². The van der Waals surface area contributed by atoms with Crippen LogP contribution in [0.2, 0.25) is 0 Å². The van der Waals surface area contributed by atoms with Crippen molar-refractivity contribution in [2.24, 2.45) is 0 Å². The first-order chi connectivity index (χ1) is 12.1. The number of hydrogen-bond acceptors (Lipinski definition) is 5. The Hall–Kier alpha value is -2.35. The first-order valence-corrected chi connectivity index (χ1v) is 8.79. The van der Waals surface area contributed by atoms with Crippen molar-refractivity contribution in [2.75, 3.05) is 26.0 Å². The van der Waals surface area contributed by atoms with E-state index < -0.39 is 0 Å². The van der Waals surface area contributed by atoms with Crippen molar-refractivity contribution in [1.29, 1.82) is 0 Å². The zero-order valence-electron chi connectivity index (χ0n) is 14.8. The summed E-state index contributed by atoms with van der Waals surface area (Å²) in [4.78, 5) is 18.3. The van der Waals surface area contributed by atoms with E-state index in [1.165, 1.54) is 19.3 Å². The van der Waals surface area contributed by atoms with E-state index in [2.05, 4.69) is 20.7 Å². The summed E-state index contributed by atoms with van der Waals surface area (Å²) >= 11 is 0. The molecule has 8 nitrogen and oxygen atoms in total. The highest BCUT2D eigenvalue weighted by molar-refractivity contribution is 5.87. The number of furan rings is 1. The van der Waals surface area contributed by atoms with Crippen LogP contribution in [0.25, 0.3) is 0 Å². The van der Waals surface area contributed by atoms with Crippen LogP contribution in [0.3, 0.4) is 0 Å². The van der Waals surface area contributed by atoms with Crippen LogP contribution in [0.5, 0.6) is 0 Å². The lowest BCUT2D eigenvalue weighted by atomic mass is 9.96. The maximum Gasteiger partial charge on any atom is 0.321 e. The van der Waals surface area contributed by atoms with Crippen LogP contribution in [-0.4, -0.2) is 46.3 Å². The Morgan fingerprint density at radius 2 is 2.20 bits per heavy atom. The van der Waals surface area contributed by atoms with Gasteiger partial charge in [0, 0.05) is 6.54 Å². The minimum Gasteiger partial charge on any atom is -0.468 e. The molecule has 2 aromatic heterocycles. The number of carbonyl (C=O) groups is 1. The number of nitrogens with one attached hydrogen (secondary N) is 2. The predicted octanol–water partition coefficient (Wildman–Crippen LogP) is 2.80. The number of amides is 2. The number of anilines is 1. The third-order valence-electron chi connectivity index (χ3n) is 4.63. The van der Waals surface area contributed by atoms with Crippen LogP contribution >= 0.6 is 0 Å². The number of rotatable bonds is 6. The Labute approximate surface area is 147 Å². The molecule has 0 aromatic carbocycles. The van der Waals surface area contributed by atoms with Gasteiger partial charge >= 0.3 is 6.03 Å². The summed E-state index contributed by atoms with van der Waals surface area (Å²) in [5.41, 5.74) is 0. The van der Waals surface area contributed by atoms with Crippen LogP contribution in [0.4, 0.5) is 10.7 Å². The third kappa shape index (κ3) is 4.60. The number of nitrogens with zero attached hydrogens (tertiary/aromatic N) is 4. The van der Waals surface area contributed by atoms with E-state index in [0.29, 0.717) is 18.5 Å². The molecule has 2 N–H and O–H groups in total. The zero-order chi connectivity index (χ0) is 17.6. The Morgan fingerprint density at radius 3 is 2.88 bits per heavy atom. The summed E-state index contributed by atoms with van der Waals surface area (Å²) in [6.45, 7) is 0.426. The fraction of sp³-hybridized carbons (Fsp3) is 0.588. The monoisotopic (exact) mass is 346 g/mol. The Morgan fingerprint density at radius 1 is 1.40 bits per heavy atom. The average molecular weight is 346 g/mol. The molecule has 0 radical (unpaired) electrons. The second kappa shape index (κ2) is 8.15. The molecule has 25 heavy (non-hydrogen) atoms. The molecule has 2 aromatic rings. The molecule has 8 heteroatoms. The summed E-state index contributed by atoms with van der Waals surface area (Å²) in [5, 5.41) is 9.94. The van der Waals surface area contributed by atoms with Gasteiger partial charge in [-0.25, -0.2) is 14.5 Å². The molecule has 1 saturated carbocycles. The SMILES string of the molecule is CN(C)[C@@H](CNC(=O)Nc1ncn(C2CCCCC2)n1)c1ccco1. The Bertz CT molecular complexity index is 660. The van der Waals surface area contributed by atoms with Gasteiger partial charge in [-0.1, -0.05) is 19.3 Å².